The lowest BCUT2D eigenvalue weighted by Crippen LogP contribution is -2.03. The number of hydrogen-bond acceptors (Lipinski definition) is 4. The Hall–Kier alpha value is -2.20. The highest BCUT2D eigenvalue weighted by Crippen LogP contribution is 2.26. The van der Waals surface area contributed by atoms with Gasteiger partial charge in [0.05, 0.1) is 23.4 Å². The molecular formula is C17H15NO2S. The maximum absolute atomic E-state index is 11.4. The summed E-state index contributed by atoms with van der Waals surface area (Å²) >= 11 is 1.64. The van der Waals surface area contributed by atoms with E-state index in [1.54, 1.807) is 11.3 Å². The van der Waals surface area contributed by atoms with E-state index >= 15 is 0 Å². The Morgan fingerprint density at radius 3 is 2.86 bits per heavy atom. The molecule has 1 aromatic heterocycles. The van der Waals surface area contributed by atoms with Gasteiger partial charge in [0, 0.05) is 11.3 Å². The Balaban J connectivity index is 1.80. The minimum atomic E-state index is 0.544. The van der Waals surface area contributed by atoms with E-state index in [-0.39, 0.29) is 0 Å². The lowest BCUT2D eigenvalue weighted by atomic mass is 10.0. The van der Waals surface area contributed by atoms with Crippen molar-refractivity contribution in [2.75, 3.05) is 6.61 Å². The number of rotatable bonds is 5. The number of hydrogen-bond donors (Lipinski definition) is 0. The van der Waals surface area contributed by atoms with Crippen molar-refractivity contribution in [1.29, 1.82) is 0 Å². The second-order valence-electron chi connectivity index (χ2n) is 4.78. The molecule has 0 aliphatic heterocycles. The van der Waals surface area contributed by atoms with Crippen LogP contribution in [0.5, 0.6) is 5.75 Å². The number of benzene rings is 2. The molecule has 1 heterocycles. The maximum Gasteiger partial charge on any atom is 0.154 e. The average Bonchev–Trinajstić information content (AvgIpc) is 2.92. The van der Waals surface area contributed by atoms with Crippen LogP contribution in [0.25, 0.3) is 10.8 Å². The molecule has 0 amide bonds. The minimum absolute atomic E-state index is 0.544. The highest BCUT2D eigenvalue weighted by molar-refractivity contribution is 7.09. The Labute approximate surface area is 127 Å². The zero-order chi connectivity index (χ0) is 14.7. The monoisotopic (exact) mass is 297 g/mol. The molecule has 3 rings (SSSR count). The van der Waals surface area contributed by atoms with Crippen LogP contribution in [0, 0.1) is 6.92 Å². The zero-order valence-corrected chi connectivity index (χ0v) is 12.5. The number of carbonyl (C=O) groups excluding carboxylic acids is 1. The van der Waals surface area contributed by atoms with Gasteiger partial charge in [-0.05, 0) is 23.8 Å². The zero-order valence-electron chi connectivity index (χ0n) is 11.7. The Morgan fingerprint density at radius 2 is 2.10 bits per heavy atom. The number of carbonyl (C=O) groups is 1. The Kier molecular flexibility index (Phi) is 3.97. The van der Waals surface area contributed by atoms with E-state index in [4.69, 9.17) is 4.74 Å². The molecule has 0 saturated heterocycles. The number of aromatic nitrogens is 1. The van der Waals surface area contributed by atoms with Crippen molar-refractivity contribution in [1.82, 2.24) is 4.98 Å². The van der Waals surface area contributed by atoms with Crippen LogP contribution in [-0.4, -0.2) is 17.9 Å². The van der Waals surface area contributed by atoms with Gasteiger partial charge in [0.1, 0.15) is 5.75 Å². The lowest BCUT2D eigenvalue weighted by Gasteiger charge is -2.10. The van der Waals surface area contributed by atoms with Crippen LogP contribution >= 0.6 is 11.3 Å². The van der Waals surface area contributed by atoms with Crippen LogP contribution < -0.4 is 4.74 Å². The van der Waals surface area contributed by atoms with Crippen molar-refractivity contribution in [2.45, 2.75) is 13.3 Å². The van der Waals surface area contributed by atoms with Crippen molar-refractivity contribution in [2.24, 2.45) is 0 Å². The van der Waals surface area contributed by atoms with Crippen molar-refractivity contribution >= 4 is 28.4 Å². The van der Waals surface area contributed by atoms with Gasteiger partial charge in [-0.25, -0.2) is 4.98 Å². The van der Waals surface area contributed by atoms with E-state index in [1.165, 1.54) is 4.88 Å². The predicted molar refractivity (Wildman–Crippen MR) is 85.4 cm³/mol. The smallest absolute Gasteiger partial charge is 0.154 e. The standard InChI is InChI=1S/C17H15NO2S/c1-12-17(21-11-18-12)8-9-20-16-7-6-13-4-2-3-5-14(13)15(16)10-19/h2-7,10-11H,8-9H2,1H3. The van der Waals surface area contributed by atoms with Gasteiger partial charge in [0.2, 0.25) is 0 Å². The number of fused-ring (bicyclic) bond motifs is 1. The molecule has 2 aromatic carbocycles. The van der Waals surface area contributed by atoms with Gasteiger partial charge in [-0.15, -0.1) is 11.3 Å². The van der Waals surface area contributed by atoms with Gasteiger partial charge >= 0.3 is 0 Å². The van der Waals surface area contributed by atoms with Crippen molar-refractivity contribution in [3.8, 4) is 5.75 Å². The Morgan fingerprint density at radius 1 is 1.24 bits per heavy atom. The molecule has 3 aromatic rings. The number of nitrogens with zero attached hydrogens (tertiary/aromatic N) is 1. The van der Waals surface area contributed by atoms with Gasteiger partial charge in [-0.3, -0.25) is 4.79 Å². The first-order valence-corrected chi connectivity index (χ1v) is 7.66. The fourth-order valence-corrected chi connectivity index (χ4v) is 3.11. The largest absolute Gasteiger partial charge is 0.492 e. The number of ether oxygens (including phenoxy) is 1. The van der Waals surface area contributed by atoms with E-state index < -0.39 is 0 Å². The van der Waals surface area contributed by atoms with Gasteiger partial charge in [0.25, 0.3) is 0 Å². The summed E-state index contributed by atoms with van der Waals surface area (Å²) in [7, 11) is 0. The molecule has 0 bridgehead atoms. The molecule has 0 aliphatic carbocycles. The summed E-state index contributed by atoms with van der Waals surface area (Å²) < 4.78 is 5.81. The van der Waals surface area contributed by atoms with Crippen LogP contribution in [0.2, 0.25) is 0 Å². The summed E-state index contributed by atoms with van der Waals surface area (Å²) in [4.78, 5) is 16.8. The molecule has 4 heteroatoms. The number of thiazole rings is 1. The van der Waals surface area contributed by atoms with Crippen LogP contribution in [0.15, 0.2) is 41.9 Å². The van der Waals surface area contributed by atoms with Gasteiger partial charge in [0.15, 0.2) is 6.29 Å². The highest BCUT2D eigenvalue weighted by atomic mass is 32.1. The molecule has 21 heavy (non-hydrogen) atoms. The van der Waals surface area contributed by atoms with E-state index in [0.717, 1.165) is 29.2 Å². The summed E-state index contributed by atoms with van der Waals surface area (Å²) in [5, 5.41) is 1.98. The quantitative estimate of drug-likeness (QED) is 0.667. The third-order valence-electron chi connectivity index (χ3n) is 3.48. The normalized spacial score (nSPS) is 10.7. The van der Waals surface area contributed by atoms with Gasteiger partial charge < -0.3 is 4.74 Å². The van der Waals surface area contributed by atoms with Crippen molar-refractivity contribution < 1.29 is 9.53 Å². The average molecular weight is 297 g/mol. The molecule has 0 radical (unpaired) electrons. The van der Waals surface area contributed by atoms with Crippen molar-refractivity contribution in [3.05, 3.63) is 58.0 Å². The van der Waals surface area contributed by atoms with E-state index in [9.17, 15) is 4.79 Å². The first kappa shape index (κ1) is 13.8. The summed E-state index contributed by atoms with van der Waals surface area (Å²) in [6.07, 6.45) is 1.68. The number of aldehydes is 1. The second kappa shape index (κ2) is 6.06. The lowest BCUT2D eigenvalue weighted by molar-refractivity contribution is 0.112. The van der Waals surface area contributed by atoms with Crippen LogP contribution in [0.4, 0.5) is 0 Å². The molecule has 0 saturated carbocycles. The fraction of sp³-hybridized carbons (Fsp3) is 0.176. The summed E-state index contributed by atoms with van der Waals surface area (Å²) in [6.45, 7) is 2.54. The first-order valence-electron chi connectivity index (χ1n) is 6.78. The molecule has 0 unspecified atom stereocenters. The minimum Gasteiger partial charge on any atom is -0.492 e. The fourth-order valence-electron chi connectivity index (χ4n) is 2.34. The SMILES string of the molecule is Cc1ncsc1CCOc1ccc2ccccc2c1C=O. The number of aryl methyl sites for hydroxylation is 1. The van der Waals surface area contributed by atoms with Gasteiger partial charge in [-0.2, -0.15) is 0 Å². The Bertz CT molecular complexity index is 779. The van der Waals surface area contributed by atoms with Crippen LogP contribution in [0.1, 0.15) is 20.9 Å². The molecular weight excluding hydrogens is 282 g/mol. The van der Waals surface area contributed by atoms with Crippen LogP contribution in [-0.2, 0) is 6.42 Å². The first-order chi connectivity index (χ1) is 10.3. The molecule has 0 atom stereocenters. The van der Waals surface area contributed by atoms with Gasteiger partial charge in [-0.1, -0.05) is 30.3 Å². The van der Waals surface area contributed by atoms with Crippen molar-refractivity contribution in [3.63, 3.8) is 0 Å². The van der Waals surface area contributed by atoms with E-state index in [0.29, 0.717) is 17.9 Å². The van der Waals surface area contributed by atoms with E-state index in [2.05, 4.69) is 4.98 Å². The summed E-state index contributed by atoms with van der Waals surface area (Å²) in [5.41, 5.74) is 3.52. The maximum atomic E-state index is 11.4. The molecule has 106 valence electrons. The molecule has 0 spiro atoms. The predicted octanol–water partition coefficient (Wildman–Crippen LogP) is 4.04. The summed E-state index contributed by atoms with van der Waals surface area (Å²) in [5.74, 6) is 0.644. The molecule has 3 nitrogen and oxygen atoms in total. The second-order valence-corrected chi connectivity index (χ2v) is 5.72. The third-order valence-corrected chi connectivity index (χ3v) is 4.47. The highest BCUT2D eigenvalue weighted by Gasteiger charge is 2.08. The van der Waals surface area contributed by atoms with E-state index in [1.807, 2.05) is 48.8 Å². The third kappa shape index (κ3) is 2.81. The van der Waals surface area contributed by atoms with Crippen LogP contribution in [0.3, 0.4) is 0 Å². The topological polar surface area (TPSA) is 39.2 Å². The molecule has 0 N–H and O–H groups in total. The summed E-state index contributed by atoms with van der Waals surface area (Å²) in [6, 6.07) is 11.7. The molecule has 0 aliphatic rings. The molecule has 0 fully saturated rings.